The van der Waals surface area contributed by atoms with E-state index in [9.17, 15) is 9.90 Å². The Morgan fingerprint density at radius 3 is 2.52 bits per heavy atom. The van der Waals surface area contributed by atoms with Gasteiger partial charge in [-0.25, -0.2) is 0 Å². The molecule has 0 aliphatic heterocycles. The maximum atomic E-state index is 12.3. The zero-order valence-electron chi connectivity index (χ0n) is 11.5. The van der Waals surface area contributed by atoms with Crippen molar-refractivity contribution in [2.45, 2.75) is 0 Å². The van der Waals surface area contributed by atoms with Crippen LogP contribution in [0.4, 0.5) is 5.69 Å². The summed E-state index contributed by atoms with van der Waals surface area (Å²) < 4.78 is 10.3. The van der Waals surface area contributed by atoms with E-state index in [0.717, 1.165) is 0 Å². The van der Waals surface area contributed by atoms with Crippen molar-refractivity contribution < 1.29 is 19.4 Å². The Morgan fingerprint density at radius 2 is 1.90 bits per heavy atom. The van der Waals surface area contributed by atoms with E-state index in [0.29, 0.717) is 22.7 Å². The fraction of sp³-hybridized carbons (Fsp3) is 0.133. The molecule has 21 heavy (non-hydrogen) atoms. The smallest absolute Gasteiger partial charge is 0.259 e. The van der Waals surface area contributed by atoms with Crippen LogP contribution in [-0.4, -0.2) is 25.2 Å². The zero-order valence-corrected chi connectivity index (χ0v) is 12.3. The number of rotatable bonds is 4. The van der Waals surface area contributed by atoms with Crippen molar-refractivity contribution in [2.75, 3.05) is 19.5 Å². The summed E-state index contributed by atoms with van der Waals surface area (Å²) >= 11 is 5.72. The number of halogens is 1. The summed E-state index contributed by atoms with van der Waals surface area (Å²) in [5, 5.41) is 12.4. The van der Waals surface area contributed by atoms with Gasteiger partial charge in [0.2, 0.25) is 0 Å². The number of anilines is 1. The Labute approximate surface area is 127 Å². The third kappa shape index (κ3) is 3.38. The molecular formula is C15H14ClNO4. The van der Waals surface area contributed by atoms with Gasteiger partial charge in [0.05, 0.1) is 24.8 Å². The molecule has 2 rings (SSSR count). The minimum atomic E-state index is -0.382. The van der Waals surface area contributed by atoms with E-state index in [1.807, 2.05) is 0 Å². The van der Waals surface area contributed by atoms with E-state index in [-0.39, 0.29) is 16.7 Å². The van der Waals surface area contributed by atoms with Gasteiger partial charge in [0.1, 0.15) is 17.2 Å². The molecule has 0 aromatic heterocycles. The Kier molecular flexibility index (Phi) is 4.55. The second-order valence-electron chi connectivity index (χ2n) is 4.19. The van der Waals surface area contributed by atoms with Crippen LogP contribution in [0.25, 0.3) is 0 Å². The maximum Gasteiger partial charge on any atom is 0.259 e. The first-order valence-electron chi connectivity index (χ1n) is 6.07. The molecule has 0 atom stereocenters. The zero-order chi connectivity index (χ0) is 15.4. The standard InChI is InChI=1S/C15H14ClNO4/c1-20-10-4-6-14(21-2)11(8-10)15(19)17-9-3-5-12(16)13(18)7-9/h3-8,18H,1-2H3,(H,17,19). The van der Waals surface area contributed by atoms with Gasteiger partial charge in [-0.1, -0.05) is 11.6 Å². The molecule has 0 aliphatic rings. The van der Waals surface area contributed by atoms with Gasteiger partial charge in [-0.15, -0.1) is 0 Å². The number of ether oxygens (including phenoxy) is 2. The van der Waals surface area contributed by atoms with Crippen molar-refractivity contribution in [3.63, 3.8) is 0 Å². The lowest BCUT2D eigenvalue weighted by atomic mass is 10.1. The first kappa shape index (κ1) is 15.0. The Bertz CT molecular complexity index is 673. The van der Waals surface area contributed by atoms with Crippen molar-refractivity contribution in [1.29, 1.82) is 0 Å². The number of phenols is 1. The van der Waals surface area contributed by atoms with E-state index in [2.05, 4.69) is 5.32 Å². The van der Waals surface area contributed by atoms with E-state index < -0.39 is 0 Å². The third-order valence-electron chi connectivity index (χ3n) is 2.86. The van der Waals surface area contributed by atoms with Crippen LogP contribution >= 0.6 is 11.6 Å². The van der Waals surface area contributed by atoms with Crippen LogP contribution in [0.15, 0.2) is 36.4 Å². The molecular weight excluding hydrogens is 294 g/mol. The Balaban J connectivity index is 2.28. The van der Waals surface area contributed by atoms with E-state index in [1.165, 1.54) is 26.4 Å². The number of nitrogens with one attached hydrogen (secondary N) is 1. The molecule has 2 aromatic carbocycles. The molecule has 0 bridgehead atoms. The van der Waals surface area contributed by atoms with Crippen molar-refractivity contribution in [2.24, 2.45) is 0 Å². The molecule has 0 heterocycles. The minimum absolute atomic E-state index is 0.105. The first-order valence-corrected chi connectivity index (χ1v) is 6.45. The van der Waals surface area contributed by atoms with Gasteiger partial charge in [0.15, 0.2) is 0 Å². The van der Waals surface area contributed by atoms with Crippen molar-refractivity contribution >= 4 is 23.2 Å². The molecule has 0 saturated heterocycles. The number of phenolic OH excluding ortho intramolecular Hbond substituents is 1. The number of amides is 1. The van der Waals surface area contributed by atoms with Crippen molar-refractivity contribution in [3.8, 4) is 17.2 Å². The predicted octanol–water partition coefficient (Wildman–Crippen LogP) is 3.32. The highest BCUT2D eigenvalue weighted by molar-refractivity contribution is 6.32. The number of carbonyl (C=O) groups excluding carboxylic acids is 1. The van der Waals surface area contributed by atoms with Crippen LogP contribution in [-0.2, 0) is 0 Å². The largest absolute Gasteiger partial charge is 0.506 e. The second kappa shape index (κ2) is 6.37. The summed E-state index contributed by atoms with van der Waals surface area (Å²) in [7, 11) is 2.99. The Hall–Kier alpha value is -2.40. The van der Waals surface area contributed by atoms with Crippen LogP contribution < -0.4 is 14.8 Å². The monoisotopic (exact) mass is 307 g/mol. The predicted molar refractivity (Wildman–Crippen MR) is 80.6 cm³/mol. The maximum absolute atomic E-state index is 12.3. The fourth-order valence-corrected chi connectivity index (χ4v) is 1.90. The van der Waals surface area contributed by atoms with Crippen LogP contribution in [0.3, 0.4) is 0 Å². The van der Waals surface area contributed by atoms with Crippen LogP contribution in [0.1, 0.15) is 10.4 Å². The summed E-state index contributed by atoms with van der Waals surface area (Å²) in [6.45, 7) is 0. The van der Waals surface area contributed by atoms with Gasteiger partial charge in [0.25, 0.3) is 5.91 Å². The lowest BCUT2D eigenvalue weighted by molar-refractivity contribution is 0.102. The van der Waals surface area contributed by atoms with Gasteiger partial charge in [-0.3, -0.25) is 4.79 Å². The highest BCUT2D eigenvalue weighted by Crippen LogP contribution is 2.28. The quantitative estimate of drug-likeness (QED) is 0.909. The molecule has 0 fully saturated rings. The Morgan fingerprint density at radius 1 is 1.14 bits per heavy atom. The summed E-state index contributed by atoms with van der Waals surface area (Å²) in [4.78, 5) is 12.3. The molecule has 6 heteroatoms. The number of aromatic hydroxyl groups is 1. The van der Waals surface area contributed by atoms with E-state index in [1.54, 1.807) is 24.3 Å². The van der Waals surface area contributed by atoms with Crippen LogP contribution in [0, 0.1) is 0 Å². The molecule has 2 N–H and O–H groups in total. The fourth-order valence-electron chi connectivity index (χ4n) is 1.78. The van der Waals surface area contributed by atoms with Gasteiger partial charge >= 0.3 is 0 Å². The van der Waals surface area contributed by atoms with E-state index >= 15 is 0 Å². The average Bonchev–Trinajstić information content (AvgIpc) is 2.50. The van der Waals surface area contributed by atoms with Gasteiger partial charge in [-0.05, 0) is 30.3 Å². The molecule has 5 nitrogen and oxygen atoms in total. The molecule has 0 saturated carbocycles. The molecule has 110 valence electrons. The number of methoxy groups -OCH3 is 2. The summed E-state index contributed by atoms with van der Waals surface area (Å²) in [5.41, 5.74) is 0.748. The molecule has 0 spiro atoms. The number of hydrogen-bond acceptors (Lipinski definition) is 4. The molecule has 1 amide bonds. The molecule has 0 unspecified atom stereocenters. The number of hydrogen-bond donors (Lipinski definition) is 2. The number of carbonyl (C=O) groups is 1. The first-order chi connectivity index (χ1) is 10.0. The molecule has 0 aliphatic carbocycles. The van der Waals surface area contributed by atoms with Gasteiger partial charge in [-0.2, -0.15) is 0 Å². The lowest BCUT2D eigenvalue weighted by Crippen LogP contribution is -2.13. The van der Waals surface area contributed by atoms with Gasteiger partial charge in [0, 0.05) is 11.8 Å². The van der Waals surface area contributed by atoms with Crippen molar-refractivity contribution in [3.05, 3.63) is 47.0 Å². The highest BCUT2D eigenvalue weighted by Gasteiger charge is 2.14. The van der Waals surface area contributed by atoms with E-state index in [4.69, 9.17) is 21.1 Å². The molecule has 0 radical (unpaired) electrons. The molecule has 2 aromatic rings. The average molecular weight is 308 g/mol. The van der Waals surface area contributed by atoms with Crippen molar-refractivity contribution in [1.82, 2.24) is 0 Å². The highest BCUT2D eigenvalue weighted by atomic mass is 35.5. The summed E-state index contributed by atoms with van der Waals surface area (Å²) in [6.07, 6.45) is 0. The summed E-state index contributed by atoms with van der Waals surface area (Å²) in [6, 6.07) is 9.37. The second-order valence-corrected chi connectivity index (χ2v) is 4.59. The minimum Gasteiger partial charge on any atom is -0.506 e. The topological polar surface area (TPSA) is 67.8 Å². The SMILES string of the molecule is COc1ccc(OC)c(C(=O)Nc2ccc(Cl)c(O)c2)c1. The van der Waals surface area contributed by atoms with Crippen LogP contribution in [0.2, 0.25) is 5.02 Å². The third-order valence-corrected chi connectivity index (χ3v) is 3.17. The lowest BCUT2D eigenvalue weighted by Gasteiger charge is -2.11. The van der Waals surface area contributed by atoms with Gasteiger partial charge < -0.3 is 19.9 Å². The summed E-state index contributed by atoms with van der Waals surface area (Å²) in [5.74, 6) is 0.478. The number of benzene rings is 2. The van der Waals surface area contributed by atoms with Crippen LogP contribution in [0.5, 0.6) is 17.2 Å². The normalized spacial score (nSPS) is 10.0.